The first-order valence-electron chi connectivity index (χ1n) is 5.45. The quantitative estimate of drug-likeness (QED) is 0.466. The van der Waals surface area contributed by atoms with Gasteiger partial charge in [0.15, 0.2) is 0 Å². The third-order valence-corrected chi connectivity index (χ3v) is 2.40. The summed E-state index contributed by atoms with van der Waals surface area (Å²) in [6.45, 7) is -0.0392. The highest BCUT2D eigenvalue weighted by atomic mass is 16.6. The van der Waals surface area contributed by atoms with Crippen molar-refractivity contribution in [1.29, 1.82) is 0 Å². The fourth-order valence-electron chi connectivity index (χ4n) is 1.46. The average Bonchev–Trinajstić information content (AvgIpc) is 2.35. The Balaban J connectivity index is 2.64. The fraction of sp³-hybridized carbons (Fsp3) is 0.273. The van der Waals surface area contributed by atoms with Crippen LogP contribution in [0.25, 0.3) is 0 Å². The van der Waals surface area contributed by atoms with Gasteiger partial charge in [0, 0.05) is 18.2 Å². The predicted octanol–water partition coefficient (Wildman–Crippen LogP) is -0.586. The van der Waals surface area contributed by atoms with Gasteiger partial charge in [0.25, 0.3) is 5.69 Å². The molecule has 5 N–H and O–H groups in total. The summed E-state index contributed by atoms with van der Waals surface area (Å²) in [5, 5.41) is 13.2. The third-order valence-electron chi connectivity index (χ3n) is 2.40. The summed E-state index contributed by atoms with van der Waals surface area (Å²) < 4.78 is 0. The predicted molar refractivity (Wildman–Crippen MR) is 66.7 cm³/mol. The minimum atomic E-state index is -1.06. The van der Waals surface area contributed by atoms with Crippen molar-refractivity contribution in [2.75, 3.05) is 0 Å². The number of amides is 2. The SMILES string of the molecule is NC(=O)CC(N)C(=O)NCc1ccccc1[N+](=O)[O-]. The molecule has 0 saturated carbocycles. The smallest absolute Gasteiger partial charge is 0.274 e. The van der Waals surface area contributed by atoms with Crippen LogP contribution in [0.4, 0.5) is 5.69 Å². The van der Waals surface area contributed by atoms with Crippen LogP contribution in [0.3, 0.4) is 0 Å². The average molecular weight is 266 g/mol. The van der Waals surface area contributed by atoms with Gasteiger partial charge in [0.05, 0.1) is 17.4 Å². The van der Waals surface area contributed by atoms with Gasteiger partial charge in [-0.05, 0) is 0 Å². The molecule has 0 aliphatic heterocycles. The van der Waals surface area contributed by atoms with Gasteiger partial charge < -0.3 is 16.8 Å². The number of nitrogens with zero attached hydrogens (tertiary/aromatic N) is 1. The number of primary amides is 1. The maximum absolute atomic E-state index is 11.5. The fourth-order valence-corrected chi connectivity index (χ4v) is 1.46. The Bertz CT molecular complexity index is 503. The zero-order chi connectivity index (χ0) is 14.4. The third kappa shape index (κ3) is 4.36. The molecule has 0 heterocycles. The second-order valence-corrected chi connectivity index (χ2v) is 3.88. The van der Waals surface area contributed by atoms with Crippen molar-refractivity contribution in [1.82, 2.24) is 5.32 Å². The molecule has 19 heavy (non-hydrogen) atoms. The maximum Gasteiger partial charge on any atom is 0.274 e. The Kier molecular flexibility index (Phi) is 4.95. The van der Waals surface area contributed by atoms with Gasteiger partial charge in [-0.3, -0.25) is 19.7 Å². The molecule has 0 spiro atoms. The molecule has 8 heteroatoms. The van der Waals surface area contributed by atoms with Gasteiger partial charge in [-0.15, -0.1) is 0 Å². The number of carbonyl (C=O) groups is 2. The van der Waals surface area contributed by atoms with E-state index >= 15 is 0 Å². The van der Waals surface area contributed by atoms with Crippen LogP contribution in [0.2, 0.25) is 0 Å². The lowest BCUT2D eigenvalue weighted by Gasteiger charge is -2.10. The number of nitro benzene ring substituents is 1. The van der Waals surface area contributed by atoms with Crippen LogP contribution in [0.15, 0.2) is 24.3 Å². The number of hydrogen-bond acceptors (Lipinski definition) is 5. The van der Waals surface area contributed by atoms with Crippen molar-refractivity contribution < 1.29 is 14.5 Å². The van der Waals surface area contributed by atoms with E-state index in [9.17, 15) is 19.7 Å². The van der Waals surface area contributed by atoms with Crippen molar-refractivity contribution in [3.63, 3.8) is 0 Å². The second-order valence-electron chi connectivity index (χ2n) is 3.88. The van der Waals surface area contributed by atoms with E-state index in [4.69, 9.17) is 11.5 Å². The summed E-state index contributed by atoms with van der Waals surface area (Å²) in [6.07, 6.45) is -0.275. The number of nitrogens with one attached hydrogen (secondary N) is 1. The van der Waals surface area contributed by atoms with E-state index in [1.165, 1.54) is 18.2 Å². The van der Waals surface area contributed by atoms with Crippen molar-refractivity contribution >= 4 is 17.5 Å². The van der Waals surface area contributed by atoms with Gasteiger partial charge in [0.2, 0.25) is 11.8 Å². The molecular weight excluding hydrogens is 252 g/mol. The van der Waals surface area contributed by atoms with Crippen molar-refractivity contribution in [2.24, 2.45) is 11.5 Å². The van der Waals surface area contributed by atoms with E-state index in [-0.39, 0.29) is 18.7 Å². The van der Waals surface area contributed by atoms with E-state index in [2.05, 4.69) is 5.32 Å². The zero-order valence-electron chi connectivity index (χ0n) is 10.0. The molecular formula is C11H14N4O4. The highest BCUT2D eigenvalue weighted by Crippen LogP contribution is 2.17. The van der Waals surface area contributed by atoms with Crippen molar-refractivity contribution in [3.8, 4) is 0 Å². The molecule has 2 amide bonds. The van der Waals surface area contributed by atoms with Crippen molar-refractivity contribution in [2.45, 2.75) is 19.0 Å². The van der Waals surface area contributed by atoms with Crippen molar-refractivity contribution in [3.05, 3.63) is 39.9 Å². The molecule has 8 nitrogen and oxygen atoms in total. The Labute approximate surface area is 108 Å². The molecule has 0 aromatic heterocycles. The topological polar surface area (TPSA) is 141 Å². The molecule has 0 aliphatic carbocycles. The van der Waals surface area contributed by atoms with Crippen LogP contribution in [-0.4, -0.2) is 22.8 Å². The molecule has 0 aliphatic rings. The minimum absolute atomic E-state index is 0.0392. The molecule has 0 saturated heterocycles. The highest BCUT2D eigenvalue weighted by Gasteiger charge is 2.17. The van der Waals surface area contributed by atoms with Crippen LogP contribution in [0, 0.1) is 10.1 Å². The maximum atomic E-state index is 11.5. The summed E-state index contributed by atoms with van der Waals surface area (Å²) in [5.41, 5.74) is 10.6. The lowest BCUT2D eigenvalue weighted by atomic mass is 10.1. The van der Waals surface area contributed by atoms with E-state index in [1.807, 2.05) is 0 Å². The molecule has 0 fully saturated rings. The van der Waals surface area contributed by atoms with Gasteiger partial charge in [-0.1, -0.05) is 18.2 Å². The number of benzene rings is 1. The van der Waals surface area contributed by atoms with Crippen LogP contribution in [0.1, 0.15) is 12.0 Å². The first-order valence-corrected chi connectivity index (χ1v) is 5.45. The first-order chi connectivity index (χ1) is 8.91. The number of nitro groups is 1. The molecule has 1 aromatic carbocycles. The molecule has 1 atom stereocenters. The monoisotopic (exact) mass is 266 g/mol. The molecule has 0 bridgehead atoms. The molecule has 1 aromatic rings. The molecule has 0 radical (unpaired) electrons. The summed E-state index contributed by atoms with van der Waals surface area (Å²) in [6, 6.07) is 4.96. The largest absolute Gasteiger partial charge is 0.370 e. The number of rotatable bonds is 6. The highest BCUT2D eigenvalue weighted by molar-refractivity contribution is 5.87. The van der Waals surface area contributed by atoms with E-state index in [0.717, 1.165) is 0 Å². The van der Waals surface area contributed by atoms with Crippen LogP contribution in [0.5, 0.6) is 0 Å². The minimum Gasteiger partial charge on any atom is -0.370 e. The van der Waals surface area contributed by atoms with Gasteiger partial charge in [-0.2, -0.15) is 0 Å². The number of para-hydroxylation sites is 1. The number of nitrogens with two attached hydrogens (primary N) is 2. The lowest BCUT2D eigenvalue weighted by molar-refractivity contribution is -0.385. The Morgan fingerprint density at radius 1 is 1.37 bits per heavy atom. The van der Waals surface area contributed by atoms with Crippen LogP contribution < -0.4 is 16.8 Å². The Morgan fingerprint density at radius 2 is 2.00 bits per heavy atom. The summed E-state index contributed by atoms with van der Waals surface area (Å²) in [5.74, 6) is -1.27. The summed E-state index contributed by atoms with van der Waals surface area (Å²) >= 11 is 0. The second kappa shape index (κ2) is 6.45. The van der Waals surface area contributed by atoms with Crippen LogP contribution in [-0.2, 0) is 16.1 Å². The zero-order valence-corrected chi connectivity index (χ0v) is 10.0. The van der Waals surface area contributed by atoms with E-state index in [0.29, 0.717) is 5.56 Å². The lowest BCUT2D eigenvalue weighted by Crippen LogP contribution is -2.42. The number of carbonyl (C=O) groups excluding carboxylic acids is 2. The summed E-state index contributed by atoms with van der Waals surface area (Å²) in [4.78, 5) is 32.3. The number of hydrogen-bond donors (Lipinski definition) is 3. The molecule has 1 unspecified atom stereocenters. The van der Waals surface area contributed by atoms with Gasteiger partial charge in [-0.25, -0.2) is 0 Å². The Morgan fingerprint density at radius 3 is 2.58 bits per heavy atom. The standard InChI is InChI=1S/C11H14N4O4/c12-8(5-10(13)16)11(17)14-6-7-3-1-2-4-9(7)15(18)19/h1-4,8H,5-6,12H2,(H2,13,16)(H,14,17). The molecule has 1 rings (SSSR count). The van der Waals surface area contributed by atoms with Gasteiger partial charge >= 0.3 is 0 Å². The van der Waals surface area contributed by atoms with E-state index in [1.54, 1.807) is 6.07 Å². The summed E-state index contributed by atoms with van der Waals surface area (Å²) in [7, 11) is 0. The van der Waals surface area contributed by atoms with Gasteiger partial charge in [0.1, 0.15) is 0 Å². The Hall–Kier alpha value is -2.48. The first kappa shape index (κ1) is 14.6. The van der Waals surface area contributed by atoms with E-state index < -0.39 is 22.8 Å². The molecule has 102 valence electrons. The normalized spacial score (nSPS) is 11.6. The van der Waals surface area contributed by atoms with Crippen LogP contribution >= 0.6 is 0 Å².